The molecule has 2 atom stereocenters. The molecule has 0 saturated heterocycles. The van der Waals surface area contributed by atoms with E-state index < -0.39 is 0 Å². The minimum absolute atomic E-state index is 0.141. The number of para-hydroxylation sites is 1. The molecular weight excluding hydrogens is 264 g/mol. The first-order valence-electron chi connectivity index (χ1n) is 5.69. The van der Waals surface area contributed by atoms with Crippen molar-refractivity contribution in [2.75, 3.05) is 14.2 Å². The van der Waals surface area contributed by atoms with Crippen molar-refractivity contribution in [3.05, 3.63) is 48.6 Å². The Hall–Kier alpha value is -0.840. The fraction of sp³-hybridized carbons (Fsp3) is 0.286. The van der Waals surface area contributed by atoms with Gasteiger partial charge in [-0.2, -0.15) is 0 Å². The third-order valence-electron chi connectivity index (χ3n) is 2.63. The molecule has 2 nitrogen and oxygen atoms in total. The molecule has 0 heterocycles. The van der Waals surface area contributed by atoms with Crippen LogP contribution >= 0.6 is 21.6 Å². The molecule has 0 amide bonds. The lowest BCUT2D eigenvalue weighted by molar-refractivity contribution is 0.147. The largest absolute Gasteiger partial charge is 0.496 e. The second-order valence-electron chi connectivity index (χ2n) is 3.77. The van der Waals surface area contributed by atoms with Gasteiger partial charge in [0, 0.05) is 7.11 Å². The van der Waals surface area contributed by atoms with Gasteiger partial charge >= 0.3 is 0 Å². The summed E-state index contributed by atoms with van der Waals surface area (Å²) in [5.74, 6) is 0.916. The Kier molecular flexibility index (Phi) is 5.23. The van der Waals surface area contributed by atoms with Gasteiger partial charge in [0.2, 0.25) is 0 Å². The van der Waals surface area contributed by atoms with E-state index in [0.717, 1.165) is 10.6 Å². The second kappa shape index (κ2) is 6.92. The zero-order valence-electron chi connectivity index (χ0n) is 10.4. The van der Waals surface area contributed by atoms with Crippen molar-refractivity contribution in [3.63, 3.8) is 0 Å². The van der Waals surface area contributed by atoms with Crippen LogP contribution in [0.25, 0.3) is 0 Å². The van der Waals surface area contributed by atoms with E-state index >= 15 is 0 Å². The van der Waals surface area contributed by atoms with Crippen molar-refractivity contribution in [1.29, 1.82) is 0 Å². The Morgan fingerprint density at radius 1 is 1.06 bits per heavy atom. The summed E-state index contributed by atoms with van der Waals surface area (Å²) in [7, 11) is 6.96. The van der Waals surface area contributed by atoms with Crippen molar-refractivity contribution in [2.45, 2.75) is 16.2 Å². The normalized spacial score (nSPS) is 22.1. The van der Waals surface area contributed by atoms with E-state index in [9.17, 15) is 0 Å². The van der Waals surface area contributed by atoms with Gasteiger partial charge < -0.3 is 9.47 Å². The van der Waals surface area contributed by atoms with E-state index in [4.69, 9.17) is 9.47 Å². The molecule has 1 aliphatic carbocycles. The summed E-state index contributed by atoms with van der Waals surface area (Å²) in [4.78, 5) is 1.14. The molecule has 1 aromatic carbocycles. The molecule has 0 N–H and O–H groups in total. The standard InChI is InChI=1S/C14H16O2S2/c1-15-11-7-3-5-9-13(11)17-18-14-10-6-4-8-12(14)16-2/h3-11,13H,1-2H3. The summed E-state index contributed by atoms with van der Waals surface area (Å²) in [6.07, 6.45) is 8.48. The van der Waals surface area contributed by atoms with Gasteiger partial charge in [0.05, 0.1) is 23.4 Å². The summed E-state index contributed by atoms with van der Waals surface area (Å²) in [6, 6.07) is 8.05. The number of allylic oxidation sites excluding steroid dienone is 2. The van der Waals surface area contributed by atoms with Crippen LogP contribution < -0.4 is 4.74 Å². The highest BCUT2D eigenvalue weighted by Gasteiger charge is 2.19. The van der Waals surface area contributed by atoms with Gasteiger partial charge in [-0.15, -0.1) is 0 Å². The van der Waals surface area contributed by atoms with Gasteiger partial charge in [-0.05, 0) is 12.1 Å². The zero-order valence-corrected chi connectivity index (χ0v) is 12.0. The lowest BCUT2D eigenvalue weighted by Gasteiger charge is -2.21. The van der Waals surface area contributed by atoms with E-state index in [1.807, 2.05) is 24.3 Å². The molecule has 1 aliphatic rings. The zero-order chi connectivity index (χ0) is 12.8. The third-order valence-corrected chi connectivity index (χ3v) is 5.38. The Morgan fingerprint density at radius 3 is 2.61 bits per heavy atom. The van der Waals surface area contributed by atoms with Gasteiger partial charge in [0.15, 0.2) is 0 Å². The van der Waals surface area contributed by atoms with Gasteiger partial charge in [0.1, 0.15) is 5.75 Å². The minimum atomic E-state index is 0.141. The van der Waals surface area contributed by atoms with Crippen LogP contribution in [-0.4, -0.2) is 25.6 Å². The minimum Gasteiger partial charge on any atom is -0.496 e. The van der Waals surface area contributed by atoms with Crippen molar-refractivity contribution in [2.24, 2.45) is 0 Å². The van der Waals surface area contributed by atoms with Crippen LogP contribution in [0.1, 0.15) is 0 Å². The maximum absolute atomic E-state index is 5.45. The van der Waals surface area contributed by atoms with Gasteiger partial charge in [-0.25, -0.2) is 0 Å². The molecular formula is C14H16O2S2. The van der Waals surface area contributed by atoms with E-state index in [1.165, 1.54) is 0 Å². The summed E-state index contributed by atoms with van der Waals surface area (Å²) in [6.45, 7) is 0. The number of methoxy groups -OCH3 is 2. The molecule has 0 bridgehead atoms. The van der Waals surface area contributed by atoms with E-state index in [0.29, 0.717) is 5.25 Å². The number of hydrogen-bond donors (Lipinski definition) is 0. The molecule has 96 valence electrons. The molecule has 0 saturated carbocycles. The van der Waals surface area contributed by atoms with E-state index in [2.05, 4.69) is 24.3 Å². The molecule has 0 radical (unpaired) electrons. The first-order chi connectivity index (χ1) is 8.85. The molecule has 0 aliphatic heterocycles. The van der Waals surface area contributed by atoms with E-state index in [1.54, 1.807) is 35.8 Å². The van der Waals surface area contributed by atoms with Crippen molar-refractivity contribution in [1.82, 2.24) is 0 Å². The number of rotatable bonds is 5. The average molecular weight is 280 g/mol. The van der Waals surface area contributed by atoms with Gasteiger partial charge in [0.25, 0.3) is 0 Å². The Balaban J connectivity index is 1.98. The molecule has 0 aromatic heterocycles. The quantitative estimate of drug-likeness (QED) is 0.760. The SMILES string of the molecule is COc1ccccc1SSC1C=CC=CC1OC. The van der Waals surface area contributed by atoms with Crippen molar-refractivity contribution >= 4 is 21.6 Å². The maximum atomic E-state index is 5.45. The number of hydrogen-bond acceptors (Lipinski definition) is 4. The monoisotopic (exact) mass is 280 g/mol. The fourth-order valence-electron chi connectivity index (χ4n) is 1.66. The Bertz CT molecular complexity index is 443. The molecule has 2 unspecified atom stereocenters. The Morgan fingerprint density at radius 2 is 1.83 bits per heavy atom. The summed E-state index contributed by atoms with van der Waals surface area (Å²) in [5.41, 5.74) is 0. The molecule has 2 rings (SSSR count). The molecule has 1 aromatic rings. The van der Waals surface area contributed by atoms with Crippen LogP contribution in [0.4, 0.5) is 0 Å². The van der Waals surface area contributed by atoms with Crippen molar-refractivity contribution < 1.29 is 9.47 Å². The highest BCUT2D eigenvalue weighted by atomic mass is 33.1. The van der Waals surface area contributed by atoms with Crippen LogP contribution in [0.15, 0.2) is 53.5 Å². The summed E-state index contributed by atoms with van der Waals surface area (Å²) >= 11 is 0. The predicted octanol–water partition coefficient (Wildman–Crippen LogP) is 3.95. The average Bonchev–Trinajstić information content (AvgIpc) is 2.45. The van der Waals surface area contributed by atoms with Crippen LogP contribution in [0.3, 0.4) is 0 Å². The van der Waals surface area contributed by atoms with Crippen LogP contribution in [0.2, 0.25) is 0 Å². The highest BCUT2D eigenvalue weighted by Crippen LogP contribution is 2.41. The van der Waals surface area contributed by atoms with Crippen LogP contribution in [0, 0.1) is 0 Å². The van der Waals surface area contributed by atoms with Crippen LogP contribution in [-0.2, 0) is 4.74 Å². The van der Waals surface area contributed by atoms with Crippen molar-refractivity contribution in [3.8, 4) is 5.75 Å². The molecule has 4 heteroatoms. The molecule has 0 fully saturated rings. The smallest absolute Gasteiger partial charge is 0.133 e. The predicted molar refractivity (Wildman–Crippen MR) is 79.3 cm³/mol. The third kappa shape index (κ3) is 3.34. The first-order valence-corrected chi connectivity index (χ1v) is 7.90. The van der Waals surface area contributed by atoms with E-state index in [-0.39, 0.29) is 6.10 Å². The number of benzene rings is 1. The van der Waals surface area contributed by atoms with Gasteiger partial charge in [-0.3, -0.25) is 0 Å². The lowest BCUT2D eigenvalue weighted by atomic mass is 10.1. The lowest BCUT2D eigenvalue weighted by Crippen LogP contribution is -2.22. The highest BCUT2D eigenvalue weighted by molar-refractivity contribution is 8.77. The first kappa shape index (κ1) is 13.6. The Labute approximate surface area is 116 Å². The maximum Gasteiger partial charge on any atom is 0.133 e. The van der Waals surface area contributed by atoms with Gasteiger partial charge in [-0.1, -0.05) is 58.0 Å². The number of ether oxygens (including phenoxy) is 2. The summed E-state index contributed by atoms with van der Waals surface area (Å²) < 4.78 is 10.8. The molecule has 0 spiro atoms. The second-order valence-corrected chi connectivity index (χ2v) is 6.19. The fourth-order valence-corrected chi connectivity index (χ4v) is 4.29. The topological polar surface area (TPSA) is 18.5 Å². The summed E-state index contributed by atoms with van der Waals surface area (Å²) in [5, 5.41) is 0.329. The van der Waals surface area contributed by atoms with Crippen LogP contribution in [0.5, 0.6) is 5.75 Å². The molecule has 18 heavy (non-hydrogen) atoms.